The molecule has 3 heterocycles. The first-order valence-electron chi connectivity index (χ1n) is 6.60. The number of hydrogen-bond donors (Lipinski definition) is 2. The number of aryl methyl sites for hydroxylation is 1. The number of nitrogens with zero attached hydrogens (tertiary/aromatic N) is 2. The predicted octanol–water partition coefficient (Wildman–Crippen LogP) is 3.99. The van der Waals surface area contributed by atoms with E-state index in [1.165, 1.54) is 9.75 Å². The molecule has 4 nitrogen and oxygen atoms in total. The molecule has 108 valence electrons. The van der Waals surface area contributed by atoms with Gasteiger partial charge in [-0.3, -0.25) is 0 Å². The quantitative estimate of drug-likeness (QED) is 0.764. The summed E-state index contributed by atoms with van der Waals surface area (Å²) in [5.41, 5.74) is 9.84. The van der Waals surface area contributed by atoms with Gasteiger partial charge in [0, 0.05) is 16.3 Å². The van der Waals surface area contributed by atoms with Crippen LogP contribution in [0.2, 0.25) is 0 Å². The van der Waals surface area contributed by atoms with Crippen molar-refractivity contribution in [1.29, 1.82) is 0 Å². The Kier molecular flexibility index (Phi) is 3.90. The lowest BCUT2D eigenvalue weighted by Gasteiger charge is -2.04. The van der Waals surface area contributed by atoms with E-state index in [0.29, 0.717) is 0 Å². The number of rotatable bonds is 4. The maximum absolute atomic E-state index is 5.65. The van der Waals surface area contributed by atoms with Gasteiger partial charge in [0.1, 0.15) is 5.52 Å². The standard InChI is InChI=1S/C15H16N4S2/c1-9(6-16)14-10(2)13-15(21-14)12(8-18-19-13)17-7-11-4-3-5-20-11/h3-6,8H,7,16H2,1-2H3,(H,17,19)/b9-6+. The molecule has 0 radical (unpaired) electrons. The summed E-state index contributed by atoms with van der Waals surface area (Å²) in [4.78, 5) is 2.47. The molecule has 0 saturated carbocycles. The smallest absolute Gasteiger partial charge is 0.109 e. The first kappa shape index (κ1) is 14.0. The van der Waals surface area contributed by atoms with Gasteiger partial charge < -0.3 is 11.1 Å². The molecule has 0 aliphatic rings. The Labute approximate surface area is 131 Å². The number of aromatic nitrogens is 2. The van der Waals surface area contributed by atoms with Crippen molar-refractivity contribution < 1.29 is 0 Å². The lowest BCUT2D eigenvalue weighted by Crippen LogP contribution is -1.98. The van der Waals surface area contributed by atoms with Crippen LogP contribution in [-0.4, -0.2) is 10.2 Å². The van der Waals surface area contributed by atoms with Gasteiger partial charge in [-0.15, -0.1) is 27.8 Å². The van der Waals surface area contributed by atoms with Crippen molar-refractivity contribution >= 4 is 44.2 Å². The van der Waals surface area contributed by atoms with Gasteiger partial charge in [-0.2, -0.15) is 5.10 Å². The molecule has 0 aliphatic carbocycles. The maximum atomic E-state index is 5.65. The topological polar surface area (TPSA) is 63.8 Å². The van der Waals surface area contributed by atoms with Gasteiger partial charge in [-0.25, -0.2) is 0 Å². The van der Waals surface area contributed by atoms with Crippen molar-refractivity contribution in [2.75, 3.05) is 5.32 Å². The van der Waals surface area contributed by atoms with E-state index in [1.807, 2.05) is 6.92 Å². The number of fused-ring (bicyclic) bond motifs is 1. The van der Waals surface area contributed by atoms with Gasteiger partial charge in [-0.05, 0) is 42.6 Å². The highest BCUT2D eigenvalue weighted by Crippen LogP contribution is 2.37. The molecule has 0 aromatic carbocycles. The van der Waals surface area contributed by atoms with Gasteiger partial charge in [0.15, 0.2) is 0 Å². The van der Waals surface area contributed by atoms with Crippen molar-refractivity contribution in [2.45, 2.75) is 20.4 Å². The average Bonchev–Trinajstić information content (AvgIpc) is 3.13. The summed E-state index contributed by atoms with van der Waals surface area (Å²) in [6.45, 7) is 4.89. The van der Waals surface area contributed by atoms with Crippen molar-refractivity contribution in [3.8, 4) is 0 Å². The highest BCUT2D eigenvalue weighted by molar-refractivity contribution is 7.20. The van der Waals surface area contributed by atoms with Crippen LogP contribution in [0.15, 0.2) is 29.9 Å². The largest absolute Gasteiger partial charge is 0.404 e. The third-order valence-electron chi connectivity index (χ3n) is 3.35. The second kappa shape index (κ2) is 5.83. The lowest BCUT2D eigenvalue weighted by atomic mass is 10.1. The molecule has 0 amide bonds. The molecular weight excluding hydrogens is 300 g/mol. The zero-order valence-electron chi connectivity index (χ0n) is 11.9. The number of nitrogens with two attached hydrogens (primary N) is 1. The summed E-state index contributed by atoms with van der Waals surface area (Å²) in [5, 5.41) is 13.9. The first-order chi connectivity index (χ1) is 10.2. The van der Waals surface area contributed by atoms with Crippen LogP contribution in [0.25, 0.3) is 15.8 Å². The van der Waals surface area contributed by atoms with Crippen molar-refractivity contribution in [2.24, 2.45) is 5.73 Å². The molecule has 0 bridgehead atoms. The SMILES string of the molecule is C/C(=C\N)c1sc2c(NCc3cccs3)cnnc2c1C. The molecule has 3 aromatic heterocycles. The summed E-state index contributed by atoms with van der Waals surface area (Å²) in [7, 11) is 0. The van der Waals surface area contributed by atoms with Gasteiger partial charge in [0.25, 0.3) is 0 Å². The van der Waals surface area contributed by atoms with E-state index < -0.39 is 0 Å². The Bertz CT molecular complexity index is 787. The summed E-state index contributed by atoms with van der Waals surface area (Å²) in [5.74, 6) is 0. The molecular formula is C15H16N4S2. The highest BCUT2D eigenvalue weighted by Gasteiger charge is 2.14. The fraction of sp³-hybridized carbons (Fsp3) is 0.200. The summed E-state index contributed by atoms with van der Waals surface area (Å²) in [6, 6.07) is 4.18. The van der Waals surface area contributed by atoms with Crippen LogP contribution >= 0.6 is 22.7 Å². The Morgan fingerprint density at radius 3 is 3.05 bits per heavy atom. The molecule has 0 fully saturated rings. The van der Waals surface area contributed by atoms with Crippen molar-refractivity contribution in [3.63, 3.8) is 0 Å². The predicted molar refractivity (Wildman–Crippen MR) is 91.6 cm³/mol. The van der Waals surface area contributed by atoms with E-state index in [9.17, 15) is 0 Å². The third kappa shape index (κ3) is 2.64. The van der Waals surface area contributed by atoms with Crippen LogP contribution in [0, 0.1) is 6.92 Å². The summed E-state index contributed by atoms with van der Waals surface area (Å²) in [6.07, 6.45) is 3.43. The van der Waals surface area contributed by atoms with E-state index >= 15 is 0 Å². The highest BCUT2D eigenvalue weighted by atomic mass is 32.1. The van der Waals surface area contributed by atoms with Gasteiger partial charge in [0.05, 0.1) is 16.6 Å². The van der Waals surface area contributed by atoms with E-state index in [0.717, 1.165) is 33.6 Å². The molecule has 3 N–H and O–H groups in total. The average molecular weight is 316 g/mol. The fourth-order valence-corrected chi connectivity index (χ4v) is 4.04. The van der Waals surface area contributed by atoms with Crippen molar-refractivity contribution in [1.82, 2.24) is 10.2 Å². The van der Waals surface area contributed by atoms with E-state index in [1.54, 1.807) is 35.1 Å². The van der Waals surface area contributed by atoms with Crippen LogP contribution in [0.1, 0.15) is 22.2 Å². The Balaban J connectivity index is 1.99. The van der Waals surface area contributed by atoms with E-state index in [-0.39, 0.29) is 0 Å². The summed E-state index contributed by atoms with van der Waals surface area (Å²) >= 11 is 3.45. The Hall–Kier alpha value is -1.92. The number of thiophene rings is 2. The van der Waals surface area contributed by atoms with Gasteiger partial charge in [0.2, 0.25) is 0 Å². The van der Waals surface area contributed by atoms with Crippen LogP contribution < -0.4 is 11.1 Å². The molecule has 0 saturated heterocycles. The first-order valence-corrected chi connectivity index (χ1v) is 8.30. The number of hydrogen-bond acceptors (Lipinski definition) is 6. The number of anilines is 1. The van der Waals surface area contributed by atoms with Crippen LogP contribution in [-0.2, 0) is 6.54 Å². The van der Waals surface area contributed by atoms with Gasteiger partial charge >= 0.3 is 0 Å². The molecule has 0 aliphatic heterocycles. The maximum Gasteiger partial charge on any atom is 0.109 e. The third-order valence-corrected chi connectivity index (χ3v) is 5.67. The van der Waals surface area contributed by atoms with Crippen molar-refractivity contribution in [3.05, 3.63) is 45.2 Å². The second-order valence-electron chi connectivity index (χ2n) is 4.77. The Morgan fingerprint density at radius 1 is 1.48 bits per heavy atom. The minimum Gasteiger partial charge on any atom is -0.404 e. The number of allylic oxidation sites excluding steroid dienone is 1. The van der Waals surface area contributed by atoms with Gasteiger partial charge in [-0.1, -0.05) is 6.07 Å². The monoisotopic (exact) mass is 316 g/mol. The minimum atomic E-state index is 0.802. The fourth-order valence-electron chi connectivity index (χ4n) is 2.18. The molecule has 3 aromatic rings. The summed E-state index contributed by atoms with van der Waals surface area (Å²) < 4.78 is 1.13. The molecule has 0 unspecified atom stereocenters. The molecule has 21 heavy (non-hydrogen) atoms. The van der Waals surface area contributed by atoms with E-state index in [4.69, 9.17) is 5.73 Å². The normalized spacial score (nSPS) is 12.0. The zero-order chi connectivity index (χ0) is 14.8. The lowest BCUT2D eigenvalue weighted by molar-refractivity contribution is 1.06. The van der Waals surface area contributed by atoms with Crippen LogP contribution in [0.4, 0.5) is 5.69 Å². The second-order valence-corrected chi connectivity index (χ2v) is 6.83. The molecule has 3 rings (SSSR count). The van der Waals surface area contributed by atoms with E-state index in [2.05, 4.69) is 40.0 Å². The molecule has 6 heteroatoms. The Morgan fingerprint density at radius 2 is 2.33 bits per heavy atom. The van der Waals surface area contributed by atoms with Crippen LogP contribution in [0.3, 0.4) is 0 Å². The molecule has 0 spiro atoms. The minimum absolute atomic E-state index is 0.802. The zero-order valence-corrected chi connectivity index (χ0v) is 13.5. The number of nitrogens with one attached hydrogen (secondary N) is 1. The van der Waals surface area contributed by atoms with Crippen LogP contribution in [0.5, 0.6) is 0 Å². The molecule has 0 atom stereocenters.